The molecule has 228 valence electrons. The summed E-state index contributed by atoms with van der Waals surface area (Å²) in [5.41, 5.74) is 14.9. The van der Waals surface area contributed by atoms with Gasteiger partial charge in [-0.1, -0.05) is 66.2 Å². The minimum atomic E-state index is -1.23. The van der Waals surface area contributed by atoms with Crippen molar-refractivity contribution in [2.75, 3.05) is 13.7 Å². The van der Waals surface area contributed by atoms with Crippen LogP contribution in [0.4, 0.5) is 0 Å². The van der Waals surface area contributed by atoms with E-state index >= 15 is 0 Å². The fourth-order valence-corrected chi connectivity index (χ4v) is 6.81. The van der Waals surface area contributed by atoms with Crippen LogP contribution in [0.5, 0.6) is 11.8 Å². The number of nitrogens with two attached hydrogens (primary N) is 1. The third kappa shape index (κ3) is 5.68. The van der Waals surface area contributed by atoms with Crippen molar-refractivity contribution in [3.05, 3.63) is 99.6 Å². The Morgan fingerprint density at radius 2 is 1.80 bits per heavy atom. The molecule has 0 unspecified atom stereocenters. The van der Waals surface area contributed by atoms with E-state index in [2.05, 4.69) is 53.5 Å². The lowest BCUT2D eigenvalue weighted by atomic mass is 9.85. The zero-order valence-electron chi connectivity index (χ0n) is 25.0. The number of aliphatic hydroxyl groups excluding tert-OH is 1. The van der Waals surface area contributed by atoms with Crippen LogP contribution >= 0.6 is 11.6 Å². The maximum absolute atomic E-state index is 11.6. The molecule has 44 heavy (non-hydrogen) atoms. The molecule has 3 aromatic carbocycles. The SMILES string of the molecule is COc1nc(O[C@H]2CCc3c(-c4cccc(-c5ccc6c(c5)C[C@@H](N)C6)c4Cl)cccc32)ccc1CC[C@@](C)(CO)C(=O)O. The van der Waals surface area contributed by atoms with Gasteiger partial charge in [-0.25, -0.2) is 0 Å². The van der Waals surface area contributed by atoms with Crippen LogP contribution in [0.3, 0.4) is 0 Å². The molecule has 0 amide bonds. The summed E-state index contributed by atoms with van der Waals surface area (Å²) in [7, 11) is 1.53. The number of carboxylic acids is 1. The van der Waals surface area contributed by atoms with E-state index in [1.165, 1.54) is 30.7 Å². The van der Waals surface area contributed by atoms with E-state index in [1.807, 2.05) is 12.1 Å². The summed E-state index contributed by atoms with van der Waals surface area (Å²) < 4.78 is 11.9. The molecule has 4 N–H and O–H groups in total. The number of hydrogen-bond donors (Lipinski definition) is 3. The highest BCUT2D eigenvalue weighted by atomic mass is 35.5. The standard InChI is InChI=1S/C36H37ClN2O5/c1-36(20-40,35(41)42)16-15-21-11-14-32(39-34(21)43-2)44-31-13-12-28-27(6-4-7-29(28)31)30-8-3-5-26(33(30)37)23-10-9-22-18-25(38)19-24(22)17-23/h3-11,14,17,25,31,40H,12-13,15-16,18-20,38H2,1-2H3,(H,41,42)/t25-,31-,36-/m0/s1. The molecule has 0 aliphatic heterocycles. The molecule has 8 heteroatoms. The van der Waals surface area contributed by atoms with Crippen LogP contribution in [0.15, 0.2) is 66.7 Å². The highest BCUT2D eigenvalue weighted by Crippen LogP contribution is 2.44. The Kier molecular flexibility index (Phi) is 8.38. The smallest absolute Gasteiger partial charge is 0.311 e. The zero-order chi connectivity index (χ0) is 31.0. The Hall–Kier alpha value is -3.91. The van der Waals surface area contributed by atoms with Gasteiger partial charge in [0, 0.05) is 28.8 Å². The Morgan fingerprint density at radius 1 is 1.05 bits per heavy atom. The monoisotopic (exact) mass is 612 g/mol. The van der Waals surface area contributed by atoms with Gasteiger partial charge >= 0.3 is 5.97 Å². The van der Waals surface area contributed by atoms with Gasteiger partial charge in [-0.3, -0.25) is 4.79 Å². The average molecular weight is 613 g/mol. The van der Waals surface area contributed by atoms with Crippen molar-refractivity contribution in [3.63, 3.8) is 0 Å². The number of ether oxygens (including phenoxy) is 2. The topological polar surface area (TPSA) is 115 Å². The van der Waals surface area contributed by atoms with Crippen LogP contribution in [-0.4, -0.2) is 40.9 Å². The molecule has 2 aliphatic rings. The zero-order valence-corrected chi connectivity index (χ0v) is 25.7. The third-order valence-corrected chi connectivity index (χ3v) is 9.57. The fourth-order valence-electron chi connectivity index (χ4n) is 6.47. The molecule has 3 atom stereocenters. The van der Waals surface area contributed by atoms with Crippen molar-refractivity contribution in [1.29, 1.82) is 0 Å². The van der Waals surface area contributed by atoms with Crippen molar-refractivity contribution < 1.29 is 24.5 Å². The number of carboxylic acid groups (broad SMARTS) is 1. The van der Waals surface area contributed by atoms with Gasteiger partial charge in [-0.15, -0.1) is 0 Å². The summed E-state index contributed by atoms with van der Waals surface area (Å²) in [6, 6.07) is 22.9. The third-order valence-electron chi connectivity index (χ3n) is 9.17. The Balaban J connectivity index is 1.24. The van der Waals surface area contributed by atoms with Gasteiger partial charge in [0.15, 0.2) is 0 Å². The minimum absolute atomic E-state index is 0.180. The number of aryl methyl sites for hydroxylation is 1. The van der Waals surface area contributed by atoms with Gasteiger partial charge in [-0.05, 0) is 84.9 Å². The summed E-state index contributed by atoms with van der Waals surface area (Å²) in [6.45, 7) is 1.09. The van der Waals surface area contributed by atoms with Crippen molar-refractivity contribution in [2.24, 2.45) is 11.1 Å². The van der Waals surface area contributed by atoms with Gasteiger partial charge in [-0.2, -0.15) is 4.98 Å². The minimum Gasteiger partial charge on any atom is -0.481 e. The van der Waals surface area contributed by atoms with E-state index in [-0.39, 0.29) is 18.6 Å². The lowest BCUT2D eigenvalue weighted by Gasteiger charge is -2.22. The lowest BCUT2D eigenvalue weighted by Crippen LogP contribution is -2.32. The van der Waals surface area contributed by atoms with Crippen LogP contribution in [-0.2, 0) is 30.5 Å². The van der Waals surface area contributed by atoms with E-state index in [0.29, 0.717) is 18.2 Å². The number of halogens is 1. The number of pyridine rings is 1. The molecule has 0 fully saturated rings. The molecule has 0 radical (unpaired) electrons. The molecule has 0 saturated heterocycles. The number of hydrogen-bond acceptors (Lipinski definition) is 6. The number of aliphatic hydroxyl groups is 1. The summed E-state index contributed by atoms with van der Waals surface area (Å²) in [6.07, 6.45) is 3.93. The van der Waals surface area contributed by atoms with E-state index < -0.39 is 18.0 Å². The highest BCUT2D eigenvalue weighted by Gasteiger charge is 2.33. The van der Waals surface area contributed by atoms with Gasteiger partial charge in [0.1, 0.15) is 6.10 Å². The largest absolute Gasteiger partial charge is 0.481 e. The van der Waals surface area contributed by atoms with Crippen molar-refractivity contribution in [3.8, 4) is 34.0 Å². The molecular formula is C36H37ClN2O5. The molecule has 0 bridgehead atoms. The average Bonchev–Trinajstić information content (AvgIpc) is 3.62. The molecule has 6 rings (SSSR count). The normalized spacial score (nSPS) is 18.4. The van der Waals surface area contributed by atoms with Gasteiger partial charge in [0.05, 0.1) is 24.2 Å². The van der Waals surface area contributed by atoms with Crippen LogP contribution < -0.4 is 15.2 Å². The number of methoxy groups -OCH3 is 1. The number of carbonyl (C=O) groups is 1. The predicted molar refractivity (Wildman–Crippen MR) is 171 cm³/mol. The van der Waals surface area contributed by atoms with Crippen LogP contribution in [0.25, 0.3) is 22.3 Å². The van der Waals surface area contributed by atoms with E-state index in [4.69, 9.17) is 26.8 Å². The second kappa shape index (κ2) is 12.2. The van der Waals surface area contributed by atoms with Crippen LogP contribution in [0.2, 0.25) is 5.02 Å². The number of aliphatic carboxylic acids is 1. The summed E-state index contributed by atoms with van der Waals surface area (Å²) >= 11 is 7.13. The van der Waals surface area contributed by atoms with Crippen molar-refractivity contribution in [2.45, 2.75) is 57.6 Å². The number of nitrogens with zero attached hydrogens (tertiary/aromatic N) is 1. The highest BCUT2D eigenvalue weighted by molar-refractivity contribution is 6.36. The number of fused-ring (bicyclic) bond motifs is 2. The molecule has 1 heterocycles. The molecule has 7 nitrogen and oxygen atoms in total. The van der Waals surface area contributed by atoms with Crippen molar-refractivity contribution in [1.82, 2.24) is 4.98 Å². The first kappa shape index (κ1) is 30.1. The molecular weight excluding hydrogens is 576 g/mol. The quantitative estimate of drug-likeness (QED) is 0.185. The fraction of sp³-hybridized carbons (Fsp3) is 0.333. The van der Waals surface area contributed by atoms with E-state index in [9.17, 15) is 15.0 Å². The maximum atomic E-state index is 11.6. The Bertz CT molecular complexity index is 1720. The maximum Gasteiger partial charge on any atom is 0.311 e. The molecule has 4 aromatic rings. The summed E-state index contributed by atoms with van der Waals surface area (Å²) in [5.74, 6) is -0.210. The Morgan fingerprint density at radius 3 is 2.57 bits per heavy atom. The number of benzene rings is 3. The van der Waals surface area contributed by atoms with Gasteiger partial charge in [0.25, 0.3) is 0 Å². The Labute approximate surface area is 262 Å². The summed E-state index contributed by atoms with van der Waals surface area (Å²) in [5, 5.41) is 19.8. The lowest BCUT2D eigenvalue weighted by molar-refractivity contribution is -0.150. The molecule has 1 aromatic heterocycles. The van der Waals surface area contributed by atoms with Crippen LogP contribution in [0, 0.1) is 5.41 Å². The first-order valence-electron chi connectivity index (χ1n) is 15.0. The summed E-state index contributed by atoms with van der Waals surface area (Å²) in [4.78, 5) is 16.2. The van der Waals surface area contributed by atoms with Gasteiger partial charge in [0.2, 0.25) is 11.8 Å². The van der Waals surface area contributed by atoms with E-state index in [0.717, 1.165) is 64.1 Å². The van der Waals surface area contributed by atoms with E-state index in [1.54, 1.807) is 6.07 Å². The van der Waals surface area contributed by atoms with Gasteiger partial charge < -0.3 is 25.4 Å². The predicted octanol–water partition coefficient (Wildman–Crippen LogP) is 6.59. The van der Waals surface area contributed by atoms with Crippen LogP contribution in [0.1, 0.15) is 53.7 Å². The molecule has 0 spiro atoms. The molecule has 0 saturated carbocycles. The second-order valence-electron chi connectivity index (χ2n) is 12.2. The first-order valence-corrected chi connectivity index (χ1v) is 15.4. The number of aromatic nitrogens is 1. The molecule has 2 aliphatic carbocycles. The van der Waals surface area contributed by atoms with Crippen molar-refractivity contribution >= 4 is 17.6 Å². The number of rotatable bonds is 10. The second-order valence-corrected chi connectivity index (χ2v) is 12.6. The first-order chi connectivity index (χ1) is 21.2.